The molecule has 1 aromatic carbocycles. The molecule has 3 rings (SSSR count). The molecule has 2 heterocycles. The molecule has 11 heteroatoms. The van der Waals surface area contributed by atoms with E-state index in [4.69, 9.17) is 0 Å². The van der Waals surface area contributed by atoms with Gasteiger partial charge in [0.15, 0.2) is 5.82 Å². The molecular formula is C12H10N6O4S. The topological polar surface area (TPSA) is 147 Å². The fourth-order valence-electron chi connectivity index (χ4n) is 1.89. The van der Waals surface area contributed by atoms with Crippen LogP contribution < -0.4 is 4.72 Å². The molecule has 0 atom stereocenters. The third-order valence-electron chi connectivity index (χ3n) is 2.97. The first-order chi connectivity index (χ1) is 11.0. The van der Waals surface area contributed by atoms with E-state index in [1.54, 1.807) is 6.07 Å². The molecule has 0 fully saturated rings. The van der Waals surface area contributed by atoms with Crippen molar-refractivity contribution in [1.29, 1.82) is 0 Å². The van der Waals surface area contributed by atoms with Crippen LogP contribution in [-0.4, -0.2) is 33.7 Å². The summed E-state index contributed by atoms with van der Waals surface area (Å²) in [6, 6.07) is 7.35. The number of nitrogens with one attached hydrogen (secondary N) is 3. The quantitative estimate of drug-likeness (QED) is 0.476. The molecule has 23 heavy (non-hydrogen) atoms. The Balaban J connectivity index is 1.87. The summed E-state index contributed by atoms with van der Waals surface area (Å²) in [6.07, 6.45) is 2.40. The first-order valence-electron chi connectivity index (χ1n) is 6.27. The fraction of sp³-hybridized carbons (Fsp3) is 0. The van der Waals surface area contributed by atoms with Crippen molar-refractivity contribution in [2.45, 2.75) is 4.90 Å². The van der Waals surface area contributed by atoms with Gasteiger partial charge in [-0.2, -0.15) is 10.2 Å². The number of hydrogen-bond acceptors (Lipinski definition) is 6. The molecular weight excluding hydrogens is 324 g/mol. The van der Waals surface area contributed by atoms with E-state index in [1.807, 2.05) is 0 Å². The maximum absolute atomic E-state index is 12.0. The van der Waals surface area contributed by atoms with Gasteiger partial charge in [-0.25, -0.2) is 8.42 Å². The number of nitro groups is 1. The van der Waals surface area contributed by atoms with Crippen LogP contribution in [0.25, 0.3) is 11.3 Å². The molecule has 0 radical (unpaired) electrons. The Morgan fingerprint density at radius 3 is 2.78 bits per heavy atom. The second-order valence-corrected chi connectivity index (χ2v) is 6.20. The number of hydrogen-bond donors (Lipinski definition) is 3. The summed E-state index contributed by atoms with van der Waals surface area (Å²) in [5.74, 6) is 0.0627. The van der Waals surface area contributed by atoms with Crippen molar-refractivity contribution in [1.82, 2.24) is 20.4 Å². The summed E-state index contributed by atoms with van der Waals surface area (Å²) in [7, 11) is -3.79. The number of nitrogens with zero attached hydrogens (tertiary/aromatic N) is 3. The maximum atomic E-state index is 12.0. The third-order valence-corrected chi connectivity index (χ3v) is 4.29. The first-order valence-corrected chi connectivity index (χ1v) is 7.76. The van der Waals surface area contributed by atoms with Gasteiger partial charge in [0.25, 0.3) is 15.7 Å². The number of sulfonamides is 1. The van der Waals surface area contributed by atoms with Gasteiger partial charge in [0.05, 0.1) is 16.8 Å². The second-order valence-electron chi connectivity index (χ2n) is 4.51. The number of non-ortho nitro benzene ring substituents is 1. The van der Waals surface area contributed by atoms with Gasteiger partial charge in [0.1, 0.15) is 4.90 Å². The fourth-order valence-corrected chi connectivity index (χ4v) is 2.79. The largest absolute Gasteiger partial charge is 0.284 e. The number of rotatable bonds is 5. The predicted octanol–water partition coefficient (Wildman–Crippen LogP) is 1.51. The van der Waals surface area contributed by atoms with Crippen LogP contribution in [0.1, 0.15) is 0 Å². The molecule has 118 valence electrons. The summed E-state index contributed by atoms with van der Waals surface area (Å²) < 4.78 is 26.4. The van der Waals surface area contributed by atoms with E-state index in [-0.39, 0.29) is 16.4 Å². The van der Waals surface area contributed by atoms with E-state index in [0.717, 1.165) is 6.20 Å². The molecule has 0 saturated carbocycles. The summed E-state index contributed by atoms with van der Waals surface area (Å²) in [6.45, 7) is 0. The smallest absolute Gasteiger partial charge is 0.270 e. The number of anilines is 1. The van der Waals surface area contributed by atoms with Gasteiger partial charge in [-0.15, -0.1) is 0 Å². The van der Waals surface area contributed by atoms with E-state index >= 15 is 0 Å². The highest BCUT2D eigenvalue weighted by Gasteiger charge is 2.17. The predicted molar refractivity (Wildman–Crippen MR) is 80.1 cm³/mol. The van der Waals surface area contributed by atoms with E-state index in [9.17, 15) is 18.5 Å². The zero-order valence-electron chi connectivity index (χ0n) is 11.4. The summed E-state index contributed by atoms with van der Waals surface area (Å²) in [4.78, 5) is 10.2. The van der Waals surface area contributed by atoms with Crippen molar-refractivity contribution >= 4 is 21.5 Å². The van der Waals surface area contributed by atoms with Crippen LogP contribution in [0.5, 0.6) is 0 Å². The van der Waals surface area contributed by atoms with Crippen LogP contribution in [0.3, 0.4) is 0 Å². The molecule has 10 nitrogen and oxygen atoms in total. The molecule has 0 aliphatic carbocycles. The van der Waals surface area contributed by atoms with Gasteiger partial charge in [-0.05, 0) is 0 Å². The molecule has 0 aliphatic rings. The molecule has 2 aromatic heterocycles. The molecule has 0 unspecified atom stereocenters. The molecule has 0 saturated heterocycles. The molecule has 0 spiro atoms. The minimum atomic E-state index is -3.79. The zero-order chi connectivity index (χ0) is 16.4. The highest BCUT2D eigenvalue weighted by atomic mass is 32.2. The minimum absolute atomic E-state index is 0.0302. The van der Waals surface area contributed by atoms with E-state index < -0.39 is 14.9 Å². The van der Waals surface area contributed by atoms with Crippen LogP contribution in [-0.2, 0) is 10.0 Å². The summed E-state index contributed by atoms with van der Waals surface area (Å²) in [5.41, 5.74) is 0.886. The number of H-pyrrole nitrogens is 2. The standard InChI is InChI=1S/C12H10N6O4S/c19-18(20)9-3-1-2-8(4-9)11-5-12(16-15-11)17-23(21,22)10-6-13-14-7-10/h1-7H,(H,13,14)(H2,15,16,17). The molecule has 3 N–H and O–H groups in total. The average molecular weight is 334 g/mol. The summed E-state index contributed by atoms with van der Waals surface area (Å²) in [5, 5.41) is 23.2. The van der Waals surface area contributed by atoms with Crippen LogP contribution in [0.4, 0.5) is 11.5 Å². The van der Waals surface area contributed by atoms with Crippen molar-refractivity contribution in [2.75, 3.05) is 4.72 Å². The number of aromatic amines is 2. The van der Waals surface area contributed by atoms with E-state index in [1.165, 1.54) is 30.5 Å². The van der Waals surface area contributed by atoms with Gasteiger partial charge in [0, 0.05) is 30.0 Å². The Bertz CT molecular complexity index is 948. The van der Waals surface area contributed by atoms with Gasteiger partial charge >= 0.3 is 0 Å². The molecule has 0 bridgehead atoms. The van der Waals surface area contributed by atoms with Crippen molar-refractivity contribution in [3.63, 3.8) is 0 Å². The number of nitro benzene ring substituents is 1. The Labute approximate surface area is 129 Å². The molecule has 3 aromatic rings. The Morgan fingerprint density at radius 2 is 2.09 bits per heavy atom. The average Bonchev–Trinajstić information content (AvgIpc) is 3.18. The van der Waals surface area contributed by atoms with Crippen LogP contribution in [0.2, 0.25) is 0 Å². The Hall–Kier alpha value is -3.21. The second kappa shape index (κ2) is 5.53. The maximum Gasteiger partial charge on any atom is 0.270 e. The minimum Gasteiger partial charge on any atom is -0.284 e. The lowest BCUT2D eigenvalue weighted by atomic mass is 10.1. The van der Waals surface area contributed by atoms with Crippen molar-refractivity contribution < 1.29 is 13.3 Å². The van der Waals surface area contributed by atoms with Crippen LogP contribution in [0, 0.1) is 10.1 Å². The van der Waals surface area contributed by atoms with Crippen molar-refractivity contribution in [2.24, 2.45) is 0 Å². The van der Waals surface area contributed by atoms with Gasteiger partial charge in [-0.3, -0.25) is 25.0 Å². The van der Waals surface area contributed by atoms with Crippen molar-refractivity contribution in [3.05, 3.63) is 52.8 Å². The Kier molecular flexibility index (Phi) is 3.54. The van der Waals surface area contributed by atoms with Crippen molar-refractivity contribution in [3.8, 4) is 11.3 Å². The first kappa shape index (κ1) is 14.7. The Morgan fingerprint density at radius 1 is 1.26 bits per heavy atom. The zero-order valence-corrected chi connectivity index (χ0v) is 12.2. The SMILES string of the molecule is O=[N+]([O-])c1cccc(-c2cc(NS(=O)(=O)c3cn[nH]c3)n[nH]2)c1. The van der Waals surface area contributed by atoms with Crippen LogP contribution >= 0.6 is 0 Å². The lowest BCUT2D eigenvalue weighted by Gasteiger charge is -2.01. The number of benzene rings is 1. The highest BCUT2D eigenvalue weighted by Crippen LogP contribution is 2.24. The lowest BCUT2D eigenvalue weighted by Crippen LogP contribution is -2.12. The molecule has 0 aliphatic heterocycles. The van der Waals surface area contributed by atoms with Gasteiger partial charge < -0.3 is 0 Å². The van der Waals surface area contributed by atoms with Gasteiger partial charge in [0.2, 0.25) is 0 Å². The molecule has 0 amide bonds. The van der Waals surface area contributed by atoms with E-state index in [0.29, 0.717) is 11.3 Å². The summed E-state index contributed by atoms with van der Waals surface area (Å²) >= 11 is 0. The third kappa shape index (κ3) is 3.03. The monoisotopic (exact) mass is 334 g/mol. The lowest BCUT2D eigenvalue weighted by molar-refractivity contribution is -0.384. The van der Waals surface area contributed by atoms with Crippen LogP contribution in [0.15, 0.2) is 47.6 Å². The normalized spacial score (nSPS) is 11.3. The highest BCUT2D eigenvalue weighted by molar-refractivity contribution is 7.92. The van der Waals surface area contributed by atoms with Gasteiger partial charge in [-0.1, -0.05) is 12.1 Å². The number of aromatic nitrogens is 4. The van der Waals surface area contributed by atoms with E-state index in [2.05, 4.69) is 25.1 Å².